The zero-order valence-electron chi connectivity index (χ0n) is 13.0. The summed E-state index contributed by atoms with van der Waals surface area (Å²) in [5.74, 6) is -0.321. The van der Waals surface area contributed by atoms with E-state index in [1.54, 1.807) is 11.8 Å². The number of carboxylic acid groups (broad SMARTS) is 1. The molecule has 7 heteroatoms. The topological polar surface area (TPSA) is 94.2 Å². The van der Waals surface area contributed by atoms with Gasteiger partial charge < -0.3 is 20.7 Å². The highest BCUT2D eigenvalue weighted by Crippen LogP contribution is 2.17. The Morgan fingerprint density at radius 3 is 2.87 bits per heavy atom. The van der Waals surface area contributed by atoms with E-state index in [0.717, 1.165) is 16.5 Å². The summed E-state index contributed by atoms with van der Waals surface area (Å²) in [4.78, 5) is 26.1. The number of rotatable bonds is 8. The van der Waals surface area contributed by atoms with Crippen molar-refractivity contribution in [2.24, 2.45) is 0 Å². The van der Waals surface area contributed by atoms with Gasteiger partial charge in [0.25, 0.3) is 0 Å². The van der Waals surface area contributed by atoms with Crippen LogP contribution in [0.5, 0.6) is 0 Å². The van der Waals surface area contributed by atoms with Gasteiger partial charge in [0.15, 0.2) is 0 Å². The van der Waals surface area contributed by atoms with E-state index >= 15 is 0 Å². The average molecular weight is 335 g/mol. The molecule has 0 unspecified atom stereocenters. The third-order valence-corrected chi connectivity index (χ3v) is 4.21. The molecule has 2 rings (SSSR count). The Morgan fingerprint density at radius 1 is 1.35 bits per heavy atom. The van der Waals surface area contributed by atoms with Gasteiger partial charge in [-0.25, -0.2) is 9.59 Å². The minimum absolute atomic E-state index is 0.409. The molecule has 0 saturated carbocycles. The minimum atomic E-state index is -1.01. The van der Waals surface area contributed by atoms with Crippen molar-refractivity contribution >= 4 is 34.7 Å². The van der Waals surface area contributed by atoms with E-state index in [1.807, 2.05) is 36.7 Å². The standard InChI is InChI=1S/C16H21N3O3S/c1-23-9-7-14(15(20)21)19-16(22)17-8-6-11-10-18-13-5-3-2-4-12(11)13/h2-5,10,14,18H,6-9H2,1H3,(H,20,21)(H2,17,19,22)/t14-/m1/s1. The van der Waals surface area contributed by atoms with E-state index < -0.39 is 18.0 Å². The molecule has 0 fully saturated rings. The van der Waals surface area contributed by atoms with Crippen molar-refractivity contribution < 1.29 is 14.7 Å². The van der Waals surface area contributed by atoms with Gasteiger partial charge in [0.2, 0.25) is 0 Å². The minimum Gasteiger partial charge on any atom is -0.480 e. The van der Waals surface area contributed by atoms with Crippen molar-refractivity contribution in [2.45, 2.75) is 18.9 Å². The predicted molar refractivity (Wildman–Crippen MR) is 93.0 cm³/mol. The Balaban J connectivity index is 1.81. The van der Waals surface area contributed by atoms with E-state index in [0.29, 0.717) is 25.1 Å². The number of hydrogen-bond acceptors (Lipinski definition) is 3. The first-order valence-corrected chi connectivity index (χ1v) is 8.82. The number of urea groups is 1. The first-order chi connectivity index (χ1) is 11.1. The molecule has 4 N–H and O–H groups in total. The lowest BCUT2D eigenvalue weighted by atomic mass is 10.1. The molecule has 23 heavy (non-hydrogen) atoms. The van der Waals surface area contributed by atoms with Gasteiger partial charge >= 0.3 is 12.0 Å². The van der Waals surface area contributed by atoms with Crippen LogP contribution in [-0.2, 0) is 11.2 Å². The highest BCUT2D eigenvalue weighted by molar-refractivity contribution is 7.98. The summed E-state index contributed by atoms with van der Waals surface area (Å²) >= 11 is 1.55. The molecule has 1 atom stereocenters. The number of carbonyl (C=O) groups excluding carboxylic acids is 1. The molecule has 1 heterocycles. The molecule has 0 aliphatic rings. The number of amides is 2. The fourth-order valence-electron chi connectivity index (χ4n) is 2.35. The number of aromatic nitrogens is 1. The first-order valence-electron chi connectivity index (χ1n) is 7.43. The number of H-pyrrole nitrogens is 1. The summed E-state index contributed by atoms with van der Waals surface area (Å²) in [6.07, 6.45) is 4.93. The number of carbonyl (C=O) groups is 2. The van der Waals surface area contributed by atoms with Crippen molar-refractivity contribution in [2.75, 3.05) is 18.6 Å². The molecule has 0 bridgehead atoms. The van der Waals surface area contributed by atoms with Gasteiger partial charge in [-0.3, -0.25) is 0 Å². The largest absolute Gasteiger partial charge is 0.480 e. The fourth-order valence-corrected chi connectivity index (χ4v) is 2.82. The van der Waals surface area contributed by atoms with Crippen LogP contribution >= 0.6 is 11.8 Å². The Bertz CT molecular complexity index is 671. The normalized spacial score (nSPS) is 12.0. The Labute approximate surface area is 139 Å². The van der Waals surface area contributed by atoms with Crippen molar-refractivity contribution in [3.05, 3.63) is 36.0 Å². The molecular weight excluding hydrogens is 314 g/mol. The van der Waals surface area contributed by atoms with Crippen LogP contribution in [0.15, 0.2) is 30.5 Å². The van der Waals surface area contributed by atoms with Gasteiger partial charge in [-0.15, -0.1) is 0 Å². The zero-order chi connectivity index (χ0) is 16.7. The number of benzene rings is 1. The monoisotopic (exact) mass is 335 g/mol. The van der Waals surface area contributed by atoms with Gasteiger partial charge in [-0.2, -0.15) is 11.8 Å². The van der Waals surface area contributed by atoms with Gasteiger partial charge in [0.1, 0.15) is 6.04 Å². The summed E-state index contributed by atoms with van der Waals surface area (Å²) in [6, 6.07) is 6.68. The van der Waals surface area contributed by atoms with Crippen molar-refractivity contribution in [1.82, 2.24) is 15.6 Å². The molecule has 0 radical (unpaired) electrons. The summed E-state index contributed by atoms with van der Waals surface area (Å²) in [7, 11) is 0. The molecule has 0 aliphatic carbocycles. The summed E-state index contributed by atoms with van der Waals surface area (Å²) < 4.78 is 0. The van der Waals surface area contributed by atoms with E-state index in [9.17, 15) is 9.59 Å². The molecule has 2 aromatic rings. The van der Waals surface area contributed by atoms with E-state index in [-0.39, 0.29) is 0 Å². The lowest BCUT2D eigenvalue weighted by Crippen LogP contribution is -2.46. The van der Waals surface area contributed by atoms with Gasteiger partial charge in [-0.1, -0.05) is 18.2 Å². The van der Waals surface area contributed by atoms with Crippen LogP contribution < -0.4 is 10.6 Å². The third kappa shape index (κ3) is 4.92. The molecule has 0 aliphatic heterocycles. The number of hydrogen-bond donors (Lipinski definition) is 4. The van der Waals surface area contributed by atoms with Crippen LogP contribution in [0.1, 0.15) is 12.0 Å². The van der Waals surface area contributed by atoms with E-state index in [2.05, 4.69) is 15.6 Å². The Morgan fingerprint density at radius 2 is 2.13 bits per heavy atom. The van der Waals surface area contributed by atoms with Gasteiger partial charge in [0, 0.05) is 23.6 Å². The van der Waals surface area contributed by atoms with Crippen molar-refractivity contribution in [3.8, 4) is 0 Å². The zero-order valence-corrected chi connectivity index (χ0v) is 13.8. The maximum atomic E-state index is 11.8. The highest BCUT2D eigenvalue weighted by atomic mass is 32.2. The SMILES string of the molecule is CSCC[C@@H](NC(=O)NCCc1c[nH]c2ccccc12)C(=O)O. The molecule has 0 spiro atoms. The molecule has 1 aromatic carbocycles. The second-order valence-electron chi connectivity index (χ2n) is 5.18. The Kier molecular flexibility index (Phi) is 6.34. The highest BCUT2D eigenvalue weighted by Gasteiger charge is 2.18. The number of nitrogens with one attached hydrogen (secondary N) is 3. The Hall–Kier alpha value is -2.15. The fraction of sp³-hybridized carbons (Fsp3) is 0.375. The van der Waals surface area contributed by atoms with Gasteiger partial charge in [0.05, 0.1) is 0 Å². The quantitative estimate of drug-likeness (QED) is 0.595. The average Bonchev–Trinajstić information content (AvgIpc) is 2.94. The summed E-state index contributed by atoms with van der Waals surface area (Å²) in [5.41, 5.74) is 2.19. The smallest absolute Gasteiger partial charge is 0.326 e. The lowest BCUT2D eigenvalue weighted by Gasteiger charge is -2.14. The van der Waals surface area contributed by atoms with Crippen LogP contribution in [-0.4, -0.2) is 46.7 Å². The van der Waals surface area contributed by atoms with E-state index in [4.69, 9.17) is 5.11 Å². The third-order valence-electron chi connectivity index (χ3n) is 3.57. The van der Waals surface area contributed by atoms with Gasteiger partial charge in [-0.05, 0) is 36.5 Å². The van der Waals surface area contributed by atoms with Crippen LogP contribution in [0.25, 0.3) is 10.9 Å². The molecular formula is C16H21N3O3S. The predicted octanol–water partition coefficient (Wildman–Crippen LogP) is 2.22. The van der Waals surface area contributed by atoms with Crippen LogP contribution in [0.3, 0.4) is 0 Å². The molecule has 1 aromatic heterocycles. The lowest BCUT2D eigenvalue weighted by molar-refractivity contribution is -0.139. The number of carboxylic acids is 1. The number of thioether (sulfide) groups is 1. The number of para-hydroxylation sites is 1. The number of aliphatic carboxylic acids is 1. The molecule has 2 amide bonds. The van der Waals surface area contributed by atoms with Crippen LogP contribution in [0.4, 0.5) is 4.79 Å². The number of aromatic amines is 1. The maximum Gasteiger partial charge on any atom is 0.326 e. The maximum absolute atomic E-state index is 11.8. The second-order valence-corrected chi connectivity index (χ2v) is 6.17. The summed E-state index contributed by atoms with van der Waals surface area (Å²) in [6.45, 7) is 0.447. The van der Waals surface area contributed by atoms with Crippen LogP contribution in [0, 0.1) is 0 Å². The van der Waals surface area contributed by atoms with Crippen molar-refractivity contribution in [1.29, 1.82) is 0 Å². The van der Waals surface area contributed by atoms with Crippen LogP contribution in [0.2, 0.25) is 0 Å². The molecule has 0 saturated heterocycles. The number of fused-ring (bicyclic) bond motifs is 1. The van der Waals surface area contributed by atoms with Crippen molar-refractivity contribution in [3.63, 3.8) is 0 Å². The molecule has 124 valence electrons. The summed E-state index contributed by atoms with van der Waals surface area (Å²) in [5, 5.41) is 15.4. The van der Waals surface area contributed by atoms with E-state index in [1.165, 1.54) is 0 Å². The molecule has 6 nitrogen and oxygen atoms in total. The second kappa shape index (κ2) is 8.47. The first kappa shape index (κ1) is 17.2.